The van der Waals surface area contributed by atoms with Gasteiger partial charge in [-0.05, 0) is 40.1 Å². The topological polar surface area (TPSA) is 165 Å². The third-order valence-electron chi connectivity index (χ3n) is 6.14. The average molecular weight is 557 g/mol. The van der Waals surface area contributed by atoms with Gasteiger partial charge in [0.1, 0.15) is 5.69 Å². The Morgan fingerprint density at radius 1 is 0.923 bits per heavy atom. The molecule has 0 aliphatic carbocycles. The fourth-order valence-corrected chi connectivity index (χ4v) is 5.51. The predicted octanol–water partition coefficient (Wildman–Crippen LogP) is 3.37. The second-order valence-electron chi connectivity index (χ2n) is 8.67. The number of aromatic nitrogens is 7. The molecule has 39 heavy (non-hydrogen) atoms. The molecule has 0 unspecified atom stereocenters. The highest BCUT2D eigenvalue weighted by molar-refractivity contribution is 7.89. The summed E-state index contributed by atoms with van der Waals surface area (Å²) in [5.74, 6) is 0.322. The first kappa shape index (κ1) is 24.6. The van der Waals surface area contributed by atoms with Gasteiger partial charge in [-0.3, -0.25) is 9.89 Å². The molecule has 0 fully saturated rings. The van der Waals surface area contributed by atoms with Gasteiger partial charge in [0.2, 0.25) is 21.0 Å². The van der Waals surface area contributed by atoms with Crippen LogP contribution < -0.4 is 10.7 Å². The molecule has 13 heteroatoms. The summed E-state index contributed by atoms with van der Waals surface area (Å²) < 4.78 is 24.8. The van der Waals surface area contributed by atoms with Gasteiger partial charge < -0.3 is 0 Å². The zero-order valence-corrected chi connectivity index (χ0v) is 21.8. The van der Waals surface area contributed by atoms with Crippen molar-refractivity contribution in [2.45, 2.75) is 11.3 Å². The van der Waals surface area contributed by atoms with Crippen LogP contribution in [0.4, 0.5) is 0 Å². The first-order valence-electron chi connectivity index (χ1n) is 11.7. The molecule has 0 atom stereocenters. The summed E-state index contributed by atoms with van der Waals surface area (Å²) in [6, 6.07) is 24.0. The van der Waals surface area contributed by atoms with Crippen LogP contribution in [0, 0.1) is 0 Å². The molecule has 0 spiro atoms. The molecule has 4 N–H and O–H groups in total. The van der Waals surface area contributed by atoms with Gasteiger partial charge in [0, 0.05) is 22.9 Å². The van der Waals surface area contributed by atoms with Crippen LogP contribution in [0.1, 0.15) is 11.1 Å². The van der Waals surface area contributed by atoms with E-state index in [1.54, 1.807) is 17.5 Å². The fourth-order valence-electron chi connectivity index (χ4n) is 4.24. The van der Waals surface area contributed by atoms with Crippen LogP contribution in [0.15, 0.2) is 93.9 Å². The quantitative estimate of drug-likeness (QED) is 0.271. The Labute approximate surface area is 226 Å². The van der Waals surface area contributed by atoms with Gasteiger partial charge in [0.15, 0.2) is 0 Å². The molecule has 11 nitrogen and oxygen atoms in total. The molecule has 0 saturated carbocycles. The van der Waals surface area contributed by atoms with Crippen molar-refractivity contribution < 1.29 is 8.42 Å². The predicted molar refractivity (Wildman–Crippen MR) is 147 cm³/mol. The van der Waals surface area contributed by atoms with E-state index in [2.05, 4.69) is 30.7 Å². The molecule has 0 bridgehead atoms. The number of thiazole rings is 1. The Morgan fingerprint density at radius 3 is 2.38 bits per heavy atom. The summed E-state index contributed by atoms with van der Waals surface area (Å²) >= 11 is 1.26. The Balaban J connectivity index is 1.46. The van der Waals surface area contributed by atoms with E-state index in [1.165, 1.54) is 28.2 Å². The van der Waals surface area contributed by atoms with Gasteiger partial charge in [0.05, 0.1) is 10.6 Å². The van der Waals surface area contributed by atoms with Crippen LogP contribution in [0.2, 0.25) is 0 Å². The summed E-state index contributed by atoms with van der Waals surface area (Å²) in [6.45, 7) is 0. The maximum absolute atomic E-state index is 13.8. The zero-order valence-electron chi connectivity index (χ0n) is 20.1. The van der Waals surface area contributed by atoms with E-state index in [0.29, 0.717) is 27.9 Å². The zero-order chi connectivity index (χ0) is 27.0. The van der Waals surface area contributed by atoms with E-state index in [0.717, 1.165) is 22.3 Å². The highest BCUT2D eigenvalue weighted by Crippen LogP contribution is 2.29. The minimum Gasteiger partial charge on any atom is -0.288 e. The molecule has 3 aromatic heterocycles. The van der Waals surface area contributed by atoms with Crippen molar-refractivity contribution in [3.63, 3.8) is 0 Å². The summed E-state index contributed by atoms with van der Waals surface area (Å²) in [4.78, 5) is 18.3. The molecule has 0 aliphatic heterocycles. The van der Waals surface area contributed by atoms with E-state index < -0.39 is 10.0 Å². The number of H-pyrrole nitrogens is 2. The van der Waals surface area contributed by atoms with Gasteiger partial charge in [-0.25, -0.2) is 18.5 Å². The number of tetrazole rings is 1. The Bertz CT molecular complexity index is 1930. The maximum Gasteiger partial charge on any atom is 0.277 e. The molecular weight excluding hydrogens is 536 g/mol. The second kappa shape index (κ2) is 9.87. The summed E-state index contributed by atoms with van der Waals surface area (Å²) in [7, 11) is -3.83. The van der Waals surface area contributed by atoms with Crippen molar-refractivity contribution in [2.24, 2.45) is 5.14 Å². The molecule has 0 amide bonds. The average Bonchev–Trinajstić information content (AvgIpc) is 3.71. The van der Waals surface area contributed by atoms with Crippen LogP contribution in [0.3, 0.4) is 0 Å². The number of benzene rings is 3. The number of nitrogens with one attached hydrogen (secondary N) is 2. The number of sulfonamides is 1. The summed E-state index contributed by atoms with van der Waals surface area (Å²) in [5.41, 5.74) is 4.95. The van der Waals surface area contributed by atoms with Crippen LogP contribution >= 0.6 is 11.3 Å². The number of nitrogens with two attached hydrogens (primary N) is 1. The number of aromatic amines is 2. The molecule has 6 aromatic rings. The highest BCUT2D eigenvalue weighted by atomic mass is 32.2. The normalized spacial score (nSPS) is 11.6. The highest BCUT2D eigenvalue weighted by Gasteiger charge is 2.20. The summed E-state index contributed by atoms with van der Waals surface area (Å²) in [6.07, 6.45) is 0.251. The van der Waals surface area contributed by atoms with Crippen LogP contribution in [0.25, 0.3) is 39.0 Å². The number of nitrogens with zero attached hydrogens (tertiary/aromatic N) is 5. The maximum atomic E-state index is 13.8. The smallest absolute Gasteiger partial charge is 0.277 e. The largest absolute Gasteiger partial charge is 0.288 e. The van der Waals surface area contributed by atoms with Gasteiger partial charge in [0.25, 0.3) is 5.56 Å². The number of hydrogen-bond acceptors (Lipinski definition) is 8. The fraction of sp³-hybridized carbons (Fsp3) is 0.0385. The lowest BCUT2D eigenvalue weighted by molar-refractivity contribution is 0.598. The minimum atomic E-state index is -3.83. The van der Waals surface area contributed by atoms with E-state index in [4.69, 9.17) is 5.14 Å². The van der Waals surface area contributed by atoms with Crippen molar-refractivity contribution in [3.8, 4) is 39.0 Å². The number of hydrogen-bond donors (Lipinski definition) is 3. The van der Waals surface area contributed by atoms with E-state index in [-0.39, 0.29) is 16.9 Å². The van der Waals surface area contributed by atoms with Crippen molar-refractivity contribution in [2.75, 3.05) is 0 Å². The molecule has 3 aromatic carbocycles. The first-order chi connectivity index (χ1) is 18.9. The SMILES string of the molecule is NS(=O)(=O)c1ccc(Cc2c(-c3cccc(-c4ccccc4)c3)[nH]n(-c3nc(-c4nn[nH]n4)cs3)c2=O)cc1. The Morgan fingerprint density at radius 2 is 1.67 bits per heavy atom. The van der Waals surface area contributed by atoms with Crippen molar-refractivity contribution in [1.29, 1.82) is 0 Å². The van der Waals surface area contributed by atoms with Crippen molar-refractivity contribution in [3.05, 3.63) is 106 Å². The molecule has 0 saturated heterocycles. The number of primary sulfonamides is 1. The summed E-state index contributed by atoms with van der Waals surface area (Å²) in [5, 5.41) is 24.5. The Kier molecular flexibility index (Phi) is 6.23. The van der Waals surface area contributed by atoms with E-state index in [1.807, 2.05) is 54.6 Å². The third kappa shape index (κ3) is 4.93. The van der Waals surface area contributed by atoms with Gasteiger partial charge >= 0.3 is 0 Å². The van der Waals surface area contributed by atoms with Crippen LogP contribution in [0.5, 0.6) is 0 Å². The van der Waals surface area contributed by atoms with E-state index in [9.17, 15) is 13.2 Å². The third-order valence-corrected chi connectivity index (χ3v) is 7.89. The van der Waals surface area contributed by atoms with Crippen LogP contribution in [-0.2, 0) is 16.4 Å². The first-order valence-corrected chi connectivity index (χ1v) is 14.1. The molecule has 0 radical (unpaired) electrons. The van der Waals surface area contributed by atoms with Gasteiger partial charge in [-0.15, -0.1) is 21.5 Å². The molecule has 3 heterocycles. The second-order valence-corrected chi connectivity index (χ2v) is 11.1. The van der Waals surface area contributed by atoms with Crippen molar-refractivity contribution in [1.82, 2.24) is 35.4 Å². The van der Waals surface area contributed by atoms with Gasteiger partial charge in [-0.1, -0.05) is 60.7 Å². The molecule has 194 valence electrons. The van der Waals surface area contributed by atoms with Crippen molar-refractivity contribution >= 4 is 21.4 Å². The number of rotatable bonds is 7. The monoisotopic (exact) mass is 556 g/mol. The lowest BCUT2D eigenvalue weighted by atomic mass is 9.98. The molecule has 6 rings (SSSR count). The minimum absolute atomic E-state index is 0.00490. The lowest BCUT2D eigenvalue weighted by Crippen LogP contribution is -2.17. The van der Waals surface area contributed by atoms with Gasteiger partial charge in [-0.2, -0.15) is 9.90 Å². The lowest BCUT2D eigenvalue weighted by Gasteiger charge is -2.07. The molecular formula is C26H20N8O3S2. The Hall–Kier alpha value is -4.72. The molecule has 0 aliphatic rings. The van der Waals surface area contributed by atoms with E-state index >= 15 is 0 Å². The standard InChI is InChI=1S/C26H20N8O3S2/c27-39(36,37)20-11-9-16(10-12-20)13-21-23(19-8-4-7-18(14-19)17-5-2-1-3-6-17)31-34(25(21)35)26-28-22(15-38-26)24-29-32-33-30-24/h1-12,14-15,31H,13H2,(H2,27,36,37)(H,29,30,32,33). The van der Waals surface area contributed by atoms with Crippen LogP contribution in [-0.4, -0.2) is 43.8 Å².